The molecule has 1 heterocycles. The first kappa shape index (κ1) is 9.56. The Kier molecular flexibility index (Phi) is 4.81. The van der Waals surface area contributed by atoms with E-state index >= 15 is 0 Å². The molecule has 0 fully saturated rings. The number of hydrogen-bond donors (Lipinski definition) is 1. The van der Waals surface area contributed by atoms with Crippen molar-refractivity contribution in [3.8, 4) is 0 Å². The summed E-state index contributed by atoms with van der Waals surface area (Å²) in [4.78, 5) is 4.36. The highest BCUT2D eigenvalue weighted by atomic mass is 15.1. The van der Waals surface area contributed by atoms with E-state index in [4.69, 9.17) is 0 Å². The highest BCUT2D eigenvalue weighted by molar-refractivity contribution is 5.83. The zero-order chi connectivity index (χ0) is 8.65. The third kappa shape index (κ3) is 3.74. The second kappa shape index (κ2) is 6.04. The second-order valence-electron chi connectivity index (χ2n) is 3.42. The molecule has 12 heavy (non-hydrogen) atoms. The van der Waals surface area contributed by atoms with E-state index in [1.807, 2.05) is 0 Å². The Morgan fingerprint density at radius 1 is 1.25 bits per heavy atom. The van der Waals surface area contributed by atoms with Gasteiger partial charge in [-0.05, 0) is 6.42 Å². The van der Waals surface area contributed by atoms with E-state index in [2.05, 4.69) is 17.2 Å². The Morgan fingerprint density at radius 3 is 2.75 bits per heavy atom. The maximum atomic E-state index is 4.36. The van der Waals surface area contributed by atoms with Gasteiger partial charge < -0.3 is 5.32 Å². The molecule has 0 aromatic rings. The van der Waals surface area contributed by atoms with Gasteiger partial charge in [-0.25, -0.2) is 0 Å². The lowest BCUT2D eigenvalue weighted by Crippen LogP contribution is -2.17. The minimum atomic E-state index is 0.990. The maximum absolute atomic E-state index is 4.36. The molecule has 2 nitrogen and oxygen atoms in total. The number of amidine groups is 1. The van der Waals surface area contributed by atoms with Crippen LogP contribution in [0, 0.1) is 0 Å². The van der Waals surface area contributed by atoms with Crippen LogP contribution in [0.4, 0.5) is 0 Å². The first-order valence-electron chi connectivity index (χ1n) is 5.20. The van der Waals surface area contributed by atoms with Crippen LogP contribution in [-0.4, -0.2) is 18.9 Å². The quantitative estimate of drug-likeness (QED) is 0.605. The normalized spacial score (nSPS) is 15.9. The predicted molar refractivity (Wildman–Crippen MR) is 53.7 cm³/mol. The van der Waals surface area contributed by atoms with E-state index in [-0.39, 0.29) is 0 Å². The fourth-order valence-electron chi connectivity index (χ4n) is 1.51. The first-order chi connectivity index (χ1) is 5.93. The summed E-state index contributed by atoms with van der Waals surface area (Å²) in [6.45, 7) is 4.30. The van der Waals surface area contributed by atoms with Crippen molar-refractivity contribution in [2.45, 2.75) is 45.4 Å². The van der Waals surface area contributed by atoms with Gasteiger partial charge in [-0.15, -0.1) is 0 Å². The summed E-state index contributed by atoms with van der Waals surface area (Å²) in [5.74, 6) is 1.24. The summed E-state index contributed by atoms with van der Waals surface area (Å²) < 4.78 is 0. The number of nitrogens with one attached hydrogen (secondary N) is 1. The summed E-state index contributed by atoms with van der Waals surface area (Å²) in [7, 11) is 0. The average molecular weight is 168 g/mol. The van der Waals surface area contributed by atoms with E-state index in [0.29, 0.717) is 0 Å². The van der Waals surface area contributed by atoms with Crippen LogP contribution in [0.3, 0.4) is 0 Å². The molecule has 70 valence electrons. The van der Waals surface area contributed by atoms with Crippen LogP contribution in [0.25, 0.3) is 0 Å². The van der Waals surface area contributed by atoms with Crippen molar-refractivity contribution in [2.24, 2.45) is 4.99 Å². The fourth-order valence-corrected chi connectivity index (χ4v) is 1.51. The van der Waals surface area contributed by atoms with Gasteiger partial charge in [0.1, 0.15) is 0 Å². The molecule has 0 aromatic carbocycles. The lowest BCUT2D eigenvalue weighted by Gasteiger charge is -2.01. The van der Waals surface area contributed by atoms with Crippen LogP contribution in [0.1, 0.15) is 45.4 Å². The van der Waals surface area contributed by atoms with Gasteiger partial charge in [0, 0.05) is 13.0 Å². The molecule has 2 heteroatoms. The van der Waals surface area contributed by atoms with Crippen LogP contribution < -0.4 is 5.32 Å². The molecule has 1 aliphatic heterocycles. The standard InChI is InChI=1S/C10H20N2/c1-2-3-4-5-6-7-10-11-8-9-12-10/h2-9H2,1H3,(H,11,12). The summed E-state index contributed by atoms with van der Waals surface area (Å²) in [6.07, 6.45) is 7.97. The molecule has 1 aliphatic rings. The Hall–Kier alpha value is -0.530. The van der Waals surface area contributed by atoms with Gasteiger partial charge in [-0.3, -0.25) is 4.99 Å². The summed E-state index contributed by atoms with van der Waals surface area (Å²) in [6, 6.07) is 0. The van der Waals surface area contributed by atoms with E-state index < -0.39 is 0 Å². The van der Waals surface area contributed by atoms with E-state index in [1.54, 1.807) is 0 Å². The van der Waals surface area contributed by atoms with Crippen molar-refractivity contribution in [1.82, 2.24) is 5.32 Å². The molecular formula is C10H20N2. The number of rotatable bonds is 6. The zero-order valence-corrected chi connectivity index (χ0v) is 8.10. The molecule has 1 rings (SSSR count). The molecule has 0 spiro atoms. The van der Waals surface area contributed by atoms with Crippen LogP contribution in [0.5, 0.6) is 0 Å². The van der Waals surface area contributed by atoms with E-state index in [9.17, 15) is 0 Å². The lowest BCUT2D eigenvalue weighted by molar-refractivity contribution is 0.641. The smallest absolute Gasteiger partial charge is 0.0964 e. The fraction of sp³-hybridized carbons (Fsp3) is 0.900. The third-order valence-electron chi connectivity index (χ3n) is 2.26. The summed E-state index contributed by atoms with van der Waals surface area (Å²) >= 11 is 0. The Labute approximate surface area is 75.5 Å². The average Bonchev–Trinajstić information content (AvgIpc) is 2.57. The van der Waals surface area contributed by atoms with Crippen LogP contribution in [0.2, 0.25) is 0 Å². The lowest BCUT2D eigenvalue weighted by atomic mass is 10.1. The number of unbranched alkanes of at least 4 members (excludes halogenated alkanes) is 4. The number of hydrogen-bond acceptors (Lipinski definition) is 2. The molecule has 0 aliphatic carbocycles. The van der Waals surface area contributed by atoms with Gasteiger partial charge in [-0.1, -0.05) is 32.6 Å². The third-order valence-corrected chi connectivity index (χ3v) is 2.26. The van der Waals surface area contributed by atoms with Crippen molar-refractivity contribution < 1.29 is 0 Å². The minimum absolute atomic E-state index is 0.990. The highest BCUT2D eigenvalue weighted by Crippen LogP contribution is 2.06. The van der Waals surface area contributed by atoms with Gasteiger partial charge in [0.2, 0.25) is 0 Å². The molecule has 0 unspecified atom stereocenters. The molecule has 0 saturated heterocycles. The second-order valence-corrected chi connectivity index (χ2v) is 3.42. The van der Waals surface area contributed by atoms with Gasteiger partial charge >= 0.3 is 0 Å². The molecular weight excluding hydrogens is 148 g/mol. The topological polar surface area (TPSA) is 24.4 Å². The minimum Gasteiger partial charge on any atom is -0.372 e. The monoisotopic (exact) mass is 168 g/mol. The molecule has 0 aromatic heterocycles. The molecule has 0 saturated carbocycles. The zero-order valence-electron chi connectivity index (χ0n) is 8.10. The molecule has 0 atom stereocenters. The molecule has 0 bridgehead atoms. The van der Waals surface area contributed by atoms with E-state index in [0.717, 1.165) is 13.1 Å². The van der Waals surface area contributed by atoms with Crippen molar-refractivity contribution in [3.63, 3.8) is 0 Å². The van der Waals surface area contributed by atoms with Crippen molar-refractivity contribution in [1.29, 1.82) is 0 Å². The first-order valence-corrected chi connectivity index (χ1v) is 5.20. The maximum Gasteiger partial charge on any atom is 0.0964 e. The number of nitrogens with zero attached hydrogens (tertiary/aromatic N) is 1. The van der Waals surface area contributed by atoms with Crippen molar-refractivity contribution >= 4 is 5.84 Å². The van der Waals surface area contributed by atoms with Gasteiger partial charge in [0.25, 0.3) is 0 Å². The van der Waals surface area contributed by atoms with Crippen LogP contribution in [-0.2, 0) is 0 Å². The van der Waals surface area contributed by atoms with E-state index in [1.165, 1.54) is 44.4 Å². The van der Waals surface area contributed by atoms with Gasteiger partial charge in [-0.2, -0.15) is 0 Å². The molecule has 0 radical (unpaired) electrons. The van der Waals surface area contributed by atoms with Crippen molar-refractivity contribution in [3.05, 3.63) is 0 Å². The number of aliphatic imine (C=N–C) groups is 1. The van der Waals surface area contributed by atoms with Gasteiger partial charge in [0.15, 0.2) is 0 Å². The van der Waals surface area contributed by atoms with Gasteiger partial charge in [0.05, 0.1) is 12.4 Å². The Bertz CT molecular complexity index is 141. The predicted octanol–water partition coefficient (Wildman–Crippen LogP) is 2.35. The highest BCUT2D eigenvalue weighted by Gasteiger charge is 2.02. The Balaban J connectivity index is 1.88. The van der Waals surface area contributed by atoms with Crippen LogP contribution >= 0.6 is 0 Å². The van der Waals surface area contributed by atoms with Crippen LogP contribution in [0.15, 0.2) is 4.99 Å². The summed E-state index contributed by atoms with van der Waals surface area (Å²) in [5.41, 5.74) is 0. The summed E-state index contributed by atoms with van der Waals surface area (Å²) in [5, 5.41) is 3.30. The molecule has 0 amide bonds. The largest absolute Gasteiger partial charge is 0.372 e. The van der Waals surface area contributed by atoms with Crippen molar-refractivity contribution in [2.75, 3.05) is 13.1 Å². The SMILES string of the molecule is CCCCCCCC1=NCCN1. The molecule has 1 N–H and O–H groups in total. The Morgan fingerprint density at radius 2 is 2.08 bits per heavy atom.